The highest BCUT2D eigenvalue weighted by atomic mass is 19.4. The summed E-state index contributed by atoms with van der Waals surface area (Å²) < 4.78 is 40.7. The van der Waals surface area contributed by atoms with Gasteiger partial charge in [0, 0.05) is 10.9 Å². The summed E-state index contributed by atoms with van der Waals surface area (Å²) in [6.07, 6.45) is -4.75. The minimum absolute atomic E-state index is 0.204. The average Bonchev–Trinajstić information content (AvgIpc) is 2.97. The van der Waals surface area contributed by atoms with Crippen molar-refractivity contribution in [2.24, 2.45) is 0 Å². The lowest BCUT2D eigenvalue weighted by atomic mass is 10.1. The number of amides is 1. The molecular formula is C18H15F3N2O2. The van der Waals surface area contributed by atoms with Crippen LogP contribution in [0.25, 0.3) is 10.9 Å². The van der Waals surface area contributed by atoms with E-state index in [1.807, 2.05) is 37.3 Å². The molecule has 3 aromatic rings. The number of hydrogen-bond donors (Lipinski definition) is 2. The van der Waals surface area contributed by atoms with E-state index in [4.69, 9.17) is 0 Å². The fourth-order valence-electron chi connectivity index (χ4n) is 2.53. The molecule has 0 spiro atoms. The fraction of sp³-hybridized carbons (Fsp3) is 0.167. The van der Waals surface area contributed by atoms with Crippen molar-refractivity contribution in [3.63, 3.8) is 0 Å². The molecule has 25 heavy (non-hydrogen) atoms. The van der Waals surface area contributed by atoms with Crippen LogP contribution in [0, 0.1) is 0 Å². The van der Waals surface area contributed by atoms with Crippen LogP contribution in [0.3, 0.4) is 0 Å². The quantitative estimate of drug-likeness (QED) is 0.726. The molecule has 0 fully saturated rings. The van der Waals surface area contributed by atoms with Crippen molar-refractivity contribution < 1.29 is 22.7 Å². The maximum atomic E-state index is 12.4. The number of aromatic nitrogens is 1. The Morgan fingerprint density at radius 3 is 2.52 bits per heavy atom. The molecule has 0 aliphatic carbocycles. The summed E-state index contributed by atoms with van der Waals surface area (Å²) in [4.78, 5) is 15.3. The van der Waals surface area contributed by atoms with Gasteiger partial charge in [0.15, 0.2) is 0 Å². The summed E-state index contributed by atoms with van der Waals surface area (Å²) in [5.41, 5.74) is 1.77. The predicted octanol–water partition coefficient (Wildman–Crippen LogP) is 4.56. The first-order valence-electron chi connectivity index (χ1n) is 7.56. The third-order valence-electron chi connectivity index (χ3n) is 3.72. The van der Waals surface area contributed by atoms with E-state index in [9.17, 15) is 18.0 Å². The first-order chi connectivity index (χ1) is 11.8. The number of carbonyl (C=O) groups is 1. The summed E-state index contributed by atoms with van der Waals surface area (Å²) >= 11 is 0. The van der Waals surface area contributed by atoms with Crippen molar-refractivity contribution >= 4 is 16.8 Å². The predicted molar refractivity (Wildman–Crippen MR) is 87.3 cm³/mol. The number of hydrogen-bond acceptors (Lipinski definition) is 2. The number of nitrogens with one attached hydrogen (secondary N) is 2. The molecule has 1 heterocycles. The molecule has 0 saturated heterocycles. The molecule has 0 bridgehead atoms. The molecule has 0 radical (unpaired) electrons. The molecule has 7 heteroatoms. The van der Waals surface area contributed by atoms with Crippen LogP contribution in [-0.2, 0) is 0 Å². The van der Waals surface area contributed by atoms with Gasteiger partial charge in [-0.05, 0) is 36.8 Å². The normalized spacial score (nSPS) is 12.8. The van der Waals surface area contributed by atoms with E-state index in [0.29, 0.717) is 10.9 Å². The molecule has 0 saturated carbocycles. The van der Waals surface area contributed by atoms with Crippen LogP contribution < -0.4 is 10.1 Å². The Balaban J connectivity index is 1.78. The van der Waals surface area contributed by atoms with E-state index < -0.39 is 6.36 Å². The summed E-state index contributed by atoms with van der Waals surface area (Å²) in [6, 6.07) is 14.6. The van der Waals surface area contributed by atoms with Gasteiger partial charge in [-0.1, -0.05) is 30.3 Å². The highest BCUT2D eigenvalue weighted by molar-refractivity contribution is 5.98. The van der Waals surface area contributed by atoms with Crippen molar-refractivity contribution in [3.8, 4) is 5.75 Å². The lowest BCUT2D eigenvalue weighted by molar-refractivity contribution is -0.274. The number of benzene rings is 2. The van der Waals surface area contributed by atoms with E-state index in [1.165, 1.54) is 24.3 Å². The van der Waals surface area contributed by atoms with Gasteiger partial charge in [-0.3, -0.25) is 4.79 Å². The average molecular weight is 348 g/mol. The monoisotopic (exact) mass is 348 g/mol. The second-order valence-corrected chi connectivity index (χ2v) is 5.59. The van der Waals surface area contributed by atoms with Gasteiger partial charge in [0.1, 0.15) is 11.4 Å². The Labute approximate surface area is 141 Å². The minimum atomic E-state index is -4.75. The molecule has 130 valence electrons. The molecule has 2 N–H and O–H groups in total. The summed E-state index contributed by atoms with van der Waals surface area (Å²) in [5.74, 6) is -0.672. The van der Waals surface area contributed by atoms with Crippen LogP contribution in [0.1, 0.15) is 29.0 Å². The highest BCUT2D eigenvalue weighted by Gasteiger charge is 2.31. The number of aromatic amines is 1. The number of alkyl halides is 3. The second-order valence-electron chi connectivity index (χ2n) is 5.59. The van der Waals surface area contributed by atoms with Crippen LogP contribution in [-0.4, -0.2) is 17.3 Å². The zero-order valence-electron chi connectivity index (χ0n) is 13.2. The Hall–Kier alpha value is -2.96. The molecule has 1 aromatic heterocycles. The number of halogens is 3. The van der Waals surface area contributed by atoms with Crippen molar-refractivity contribution in [3.05, 3.63) is 65.9 Å². The van der Waals surface area contributed by atoms with Gasteiger partial charge in [0.25, 0.3) is 5.91 Å². The zero-order valence-corrected chi connectivity index (χ0v) is 13.2. The number of ether oxygens (including phenoxy) is 1. The number of carbonyl (C=O) groups excluding carboxylic acids is 1. The van der Waals surface area contributed by atoms with E-state index in [-0.39, 0.29) is 23.4 Å². The first kappa shape index (κ1) is 16.9. The summed E-state index contributed by atoms with van der Waals surface area (Å²) in [5, 5.41) is 3.30. The fourth-order valence-corrected chi connectivity index (χ4v) is 2.53. The Bertz CT molecular complexity index is 888. The SMILES string of the molecule is CC(NC(=O)c1cc2cc(OC(F)(F)F)ccc2[nH]1)c1ccccc1. The van der Waals surface area contributed by atoms with Crippen molar-refractivity contribution in [1.29, 1.82) is 0 Å². The molecule has 0 aliphatic heterocycles. The van der Waals surface area contributed by atoms with Gasteiger partial charge in [-0.2, -0.15) is 0 Å². The third kappa shape index (κ3) is 4.12. The van der Waals surface area contributed by atoms with Gasteiger partial charge in [-0.15, -0.1) is 13.2 Å². The zero-order chi connectivity index (χ0) is 18.0. The molecule has 1 unspecified atom stereocenters. The Morgan fingerprint density at radius 1 is 1.12 bits per heavy atom. The van der Waals surface area contributed by atoms with Gasteiger partial charge in [-0.25, -0.2) is 0 Å². The summed E-state index contributed by atoms with van der Waals surface area (Å²) in [7, 11) is 0. The maximum Gasteiger partial charge on any atom is 0.573 e. The molecule has 1 atom stereocenters. The van der Waals surface area contributed by atoms with Gasteiger partial charge >= 0.3 is 6.36 Å². The van der Waals surface area contributed by atoms with E-state index in [1.54, 1.807) is 0 Å². The smallest absolute Gasteiger partial charge is 0.406 e. The summed E-state index contributed by atoms with van der Waals surface area (Å²) in [6.45, 7) is 1.85. The van der Waals surface area contributed by atoms with Crippen LogP contribution in [0.15, 0.2) is 54.6 Å². The first-order valence-corrected chi connectivity index (χ1v) is 7.56. The lowest BCUT2D eigenvalue weighted by Crippen LogP contribution is -2.26. The molecular weight excluding hydrogens is 333 g/mol. The van der Waals surface area contributed by atoms with E-state index in [0.717, 1.165) is 5.56 Å². The number of fused-ring (bicyclic) bond motifs is 1. The van der Waals surface area contributed by atoms with Crippen LogP contribution in [0.2, 0.25) is 0 Å². The Kier molecular flexibility index (Phi) is 4.39. The van der Waals surface area contributed by atoms with Gasteiger partial charge in [0.05, 0.1) is 6.04 Å². The standard InChI is InChI=1S/C18H15F3N2O2/c1-11(12-5-3-2-4-6-12)22-17(24)16-10-13-9-14(25-18(19,20)21)7-8-15(13)23-16/h2-11,23H,1H3,(H,22,24). The molecule has 0 aliphatic rings. The van der Waals surface area contributed by atoms with Crippen molar-refractivity contribution in [2.75, 3.05) is 0 Å². The molecule has 3 rings (SSSR count). The van der Waals surface area contributed by atoms with E-state index >= 15 is 0 Å². The van der Waals surface area contributed by atoms with Gasteiger partial charge < -0.3 is 15.0 Å². The highest BCUT2D eigenvalue weighted by Crippen LogP contribution is 2.27. The minimum Gasteiger partial charge on any atom is -0.406 e. The van der Waals surface area contributed by atoms with Crippen LogP contribution >= 0.6 is 0 Å². The molecule has 4 nitrogen and oxygen atoms in total. The topological polar surface area (TPSA) is 54.1 Å². The molecule has 1 amide bonds. The van der Waals surface area contributed by atoms with Gasteiger partial charge in [0.2, 0.25) is 0 Å². The van der Waals surface area contributed by atoms with Crippen molar-refractivity contribution in [2.45, 2.75) is 19.3 Å². The Morgan fingerprint density at radius 2 is 1.84 bits per heavy atom. The third-order valence-corrected chi connectivity index (χ3v) is 3.72. The number of rotatable bonds is 4. The maximum absolute atomic E-state index is 12.4. The molecule has 2 aromatic carbocycles. The van der Waals surface area contributed by atoms with E-state index in [2.05, 4.69) is 15.0 Å². The number of H-pyrrole nitrogens is 1. The lowest BCUT2D eigenvalue weighted by Gasteiger charge is -2.13. The van der Waals surface area contributed by atoms with Crippen LogP contribution in [0.5, 0.6) is 5.75 Å². The van der Waals surface area contributed by atoms with Crippen molar-refractivity contribution in [1.82, 2.24) is 10.3 Å². The largest absolute Gasteiger partial charge is 0.573 e. The van der Waals surface area contributed by atoms with Crippen LogP contribution in [0.4, 0.5) is 13.2 Å². The second kappa shape index (κ2) is 6.51.